The molecular formula is C17H30N2O2. The van der Waals surface area contributed by atoms with E-state index in [0.717, 1.165) is 25.9 Å². The van der Waals surface area contributed by atoms with Crippen LogP contribution in [0.15, 0.2) is 0 Å². The Morgan fingerprint density at radius 2 is 1.95 bits per heavy atom. The van der Waals surface area contributed by atoms with Gasteiger partial charge in [-0.1, -0.05) is 12.8 Å². The smallest absolute Gasteiger partial charge is 0.327 e. The largest absolute Gasteiger partial charge is 0.468 e. The Hall–Kier alpha value is -0.610. The van der Waals surface area contributed by atoms with Crippen LogP contribution in [0.2, 0.25) is 0 Å². The lowest BCUT2D eigenvalue weighted by Crippen LogP contribution is -2.62. The molecule has 2 aliphatic carbocycles. The molecule has 0 aromatic heterocycles. The SMILES string of the molecule is COC(=O)C(CN1CCCCCC1C)(NC1CC1)C1CC1. The van der Waals surface area contributed by atoms with E-state index in [4.69, 9.17) is 4.74 Å². The van der Waals surface area contributed by atoms with Crippen LogP contribution in [0.4, 0.5) is 0 Å². The van der Waals surface area contributed by atoms with Crippen molar-refractivity contribution in [3.05, 3.63) is 0 Å². The van der Waals surface area contributed by atoms with Crippen LogP contribution in [-0.4, -0.2) is 48.7 Å². The maximum atomic E-state index is 12.6. The van der Waals surface area contributed by atoms with E-state index >= 15 is 0 Å². The zero-order valence-electron chi connectivity index (χ0n) is 13.6. The number of likely N-dealkylation sites (tertiary alicyclic amines) is 1. The molecule has 0 bridgehead atoms. The number of carbonyl (C=O) groups excluding carboxylic acids is 1. The highest BCUT2D eigenvalue weighted by molar-refractivity contribution is 5.82. The lowest BCUT2D eigenvalue weighted by atomic mass is 9.91. The van der Waals surface area contributed by atoms with Gasteiger partial charge in [-0.05, 0) is 57.9 Å². The molecule has 2 saturated carbocycles. The summed E-state index contributed by atoms with van der Waals surface area (Å²) in [5, 5.41) is 3.69. The van der Waals surface area contributed by atoms with Gasteiger partial charge in [-0.2, -0.15) is 0 Å². The van der Waals surface area contributed by atoms with Crippen molar-refractivity contribution in [2.45, 2.75) is 75.9 Å². The Kier molecular flexibility index (Phi) is 4.55. The van der Waals surface area contributed by atoms with Crippen molar-refractivity contribution in [1.82, 2.24) is 10.2 Å². The molecule has 120 valence electrons. The highest BCUT2D eigenvalue weighted by Gasteiger charge is 2.54. The number of rotatable bonds is 6. The van der Waals surface area contributed by atoms with Crippen molar-refractivity contribution in [2.24, 2.45) is 5.92 Å². The number of esters is 1. The van der Waals surface area contributed by atoms with Crippen molar-refractivity contribution >= 4 is 5.97 Å². The molecule has 3 rings (SSSR count). The van der Waals surface area contributed by atoms with Gasteiger partial charge in [-0.15, -0.1) is 0 Å². The number of carbonyl (C=O) groups is 1. The first-order valence-corrected chi connectivity index (χ1v) is 8.76. The van der Waals surface area contributed by atoms with E-state index in [2.05, 4.69) is 17.1 Å². The predicted octanol–water partition coefficient (Wildman–Crippen LogP) is 2.32. The van der Waals surface area contributed by atoms with Gasteiger partial charge in [0.2, 0.25) is 0 Å². The topological polar surface area (TPSA) is 41.6 Å². The van der Waals surface area contributed by atoms with Gasteiger partial charge in [0, 0.05) is 18.6 Å². The molecule has 1 N–H and O–H groups in total. The Morgan fingerprint density at radius 3 is 2.57 bits per heavy atom. The van der Waals surface area contributed by atoms with Crippen LogP contribution in [-0.2, 0) is 9.53 Å². The second-order valence-corrected chi connectivity index (χ2v) is 7.32. The summed E-state index contributed by atoms with van der Waals surface area (Å²) in [6.45, 7) is 4.28. The molecule has 1 heterocycles. The minimum absolute atomic E-state index is 0.0339. The molecule has 0 spiro atoms. The monoisotopic (exact) mass is 294 g/mol. The van der Waals surface area contributed by atoms with E-state index < -0.39 is 5.54 Å². The van der Waals surface area contributed by atoms with Gasteiger partial charge < -0.3 is 4.74 Å². The van der Waals surface area contributed by atoms with Gasteiger partial charge in [-0.3, -0.25) is 10.2 Å². The summed E-state index contributed by atoms with van der Waals surface area (Å²) in [4.78, 5) is 15.2. The molecule has 0 aromatic carbocycles. The Balaban J connectivity index is 1.77. The lowest BCUT2D eigenvalue weighted by molar-refractivity contribution is -0.151. The van der Waals surface area contributed by atoms with E-state index in [-0.39, 0.29) is 5.97 Å². The molecule has 0 aromatic rings. The van der Waals surface area contributed by atoms with E-state index in [0.29, 0.717) is 18.0 Å². The number of nitrogens with one attached hydrogen (secondary N) is 1. The number of ether oxygens (including phenoxy) is 1. The summed E-state index contributed by atoms with van der Waals surface area (Å²) in [6.07, 6.45) is 9.91. The standard InChI is InChI=1S/C17H30N2O2/c1-13-6-4-3-5-11-19(13)12-17(14-7-8-14,16(20)21-2)18-15-9-10-15/h13-15,18H,3-12H2,1-2H3. The summed E-state index contributed by atoms with van der Waals surface area (Å²) in [6, 6.07) is 1.11. The van der Waals surface area contributed by atoms with Gasteiger partial charge in [0.25, 0.3) is 0 Å². The van der Waals surface area contributed by atoms with Crippen LogP contribution >= 0.6 is 0 Å². The molecule has 0 radical (unpaired) electrons. The first-order valence-electron chi connectivity index (χ1n) is 8.76. The van der Waals surface area contributed by atoms with E-state index in [9.17, 15) is 4.79 Å². The zero-order valence-corrected chi connectivity index (χ0v) is 13.6. The van der Waals surface area contributed by atoms with Crippen LogP contribution in [0.3, 0.4) is 0 Å². The van der Waals surface area contributed by atoms with Crippen molar-refractivity contribution in [3.8, 4) is 0 Å². The van der Waals surface area contributed by atoms with Gasteiger partial charge in [0.05, 0.1) is 7.11 Å². The molecule has 0 amide bonds. The van der Waals surface area contributed by atoms with E-state index in [1.54, 1.807) is 7.11 Å². The zero-order chi connectivity index (χ0) is 14.9. The number of hydrogen-bond donors (Lipinski definition) is 1. The maximum Gasteiger partial charge on any atom is 0.327 e. The Bertz CT molecular complexity index is 379. The minimum Gasteiger partial charge on any atom is -0.468 e. The fourth-order valence-electron chi connectivity index (χ4n) is 3.82. The average Bonchev–Trinajstić information content (AvgIpc) is 3.33. The van der Waals surface area contributed by atoms with Gasteiger partial charge in [0.1, 0.15) is 5.54 Å². The maximum absolute atomic E-state index is 12.6. The second kappa shape index (κ2) is 6.25. The van der Waals surface area contributed by atoms with Gasteiger partial charge in [-0.25, -0.2) is 4.79 Å². The molecule has 21 heavy (non-hydrogen) atoms. The molecule has 3 aliphatic rings. The van der Waals surface area contributed by atoms with Crippen LogP contribution in [0, 0.1) is 5.92 Å². The fourth-order valence-corrected chi connectivity index (χ4v) is 3.82. The number of methoxy groups -OCH3 is 1. The van der Waals surface area contributed by atoms with Crippen LogP contribution < -0.4 is 5.32 Å². The van der Waals surface area contributed by atoms with Gasteiger partial charge in [0.15, 0.2) is 0 Å². The van der Waals surface area contributed by atoms with Crippen molar-refractivity contribution in [2.75, 3.05) is 20.2 Å². The molecule has 4 nitrogen and oxygen atoms in total. The van der Waals surface area contributed by atoms with Crippen molar-refractivity contribution < 1.29 is 9.53 Å². The minimum atomic E-state index is -0.450. The third kappa shape index (κ3) is 3.42. The van der Waals surface area contributed by atoms with Crippen LogP contribution in [0.1, 0.15) is 58.3 Å². The molecule has 4 heteroatoms. The number of hydrogen-bond acceptors (Lipinski definition) is 4. The Morgan fingerprint density at radius 1 is 1.19 bits per heavy atom. The normalized spacial score (nSPS) is 30.5. The summed E-state index contributed by atoms with van der Waals surface area (Å²) < 4.78 is 5.23. The highest BCUT2D eigenvalue weighted by Crippen LogP contribution is 2.43. The molecular weight excluding hydrogens is 264 g/mol. The van der Waals surface area contributed by atoms with E-state index in [1.807, 2.05) is 0 Å². The fraction of sp³-hybridized carbons (Fsp3) is 0.941. The highest BCUT2D eigenvalue weighted by atomic mass is 16.5. The average molecular weight is 294 g/mol. The van der Waals surface area contributed by atoms with Gasteiger partial charge >= 0.3 is 5.97 Å². The summed E-state index contributed by atoms with van der Waals surface area (Å²) >= 11 is 0. The first-order chi connectivity index (χ1) is 10.2. The third-order valence-corrected chi connectivity index (χ3v) is 5.51. The van der Waals surface area contributed by atoms with Crippen molar-refractivity contribution in [1.29, 1.82) is 0 Å². The third-order valence-electron chi connectivity index (χ3n) is 5.51. The molecule has 2 unspecified atom stereocenters. The molecule has 1 aliphatic heterocycles. The molecule has 1 saturated heterocycles. The predicted molar refractivity (Wildman–Crippen MR) is 83.1 cm³/mol. The first kappa shape index (κ1) is 15.3. The lowest BCUT2D eigenvalue weighted by Gasteiger charge is -2.39. The second-order valence-electron chi connectivity index (χ2n) is 7.32. The van der Waals surface area contributed by atoms with Crippen LogP contribution in [0.25, 0.3) is 0 Å². The van der Waals surface area contributed by atoms with E-state index in [1.165, 1.54) is 38.5 Å². The summed E-state index contributed by atoms with van der Waals surface area (Å²) in [7, 11) is 1.54. The molecule has 2 atom stereocenters. The summed E-state index contributed by atoms with van der Waals surface area (Å²) in [5.41, 5.74) is -0.450. The quantitative estimate of drug-likeness (QED) is 0.763. The summed E-state index contributed by atoms with van der Waals surface area (Å²) in [5.74, 6) is 0.439. The van der Waals surface area contributed by atoms with Crippen LogP contribution in [0.5, 0.6) is 0 Å². The Labute approximate surface area is 128 Å². The number of nitrogens with zero attached hydrogens (tertiary/aromatic N) is 1. The van der Waals surface area contributed by atoms with Crippen molar-refractivity contribution in [3.63, 3.8) is 0 Å². The molecule has 3 fully saturated rings.